The van der Waals surface area contributed by atoms with Crippen LogP contribution in [0, 0.1) is 10.1 Å². The first kappa shape index (κ1) is 15.7. The van der Waals surface area contributed by atoms with Crippen molar-refractivity contribution >= 4 is 50.7 Å². The van der Waals surface area contributed by atoms with Gasteiger partial charge >= 0.3 is 5.00 Å². The lowest BCUT2D eigenvalue weighted by molar-refractivity contribution is -0.380. The summed E-state index contributed by atoms with van der Waals surface area (Å²) in [5, 5.41) is 13.9. The number of anilines is 1. The molecule has 0 fully saturated rings. The monoisotopic (exact) mass is 343 g/mol. The van der Waals surface area contributed by atoms with E-state index < -0.39 is 4.92 Å². The van der Waals surface area contributed by atoms with E-state index in [4.69, 9.17) is 11.6 Å². The molecule has 0 aliphatic heterocycles. The summed E-state index contributed by atoms with van der Waals surface area (Å²) in [5.41, 5.74) is 0. The minimum Gasteiger partial charge on any atom is -0.302 e. The number of nitrogens with one attached hydrogen (secondary N) is 1. The van der Waals surface area contributed by atoms with E-state index in [9.17, 15) is 14.9 Å². The number of amides is 1. The molecule has 1 aromatic heterocycles. The molecule has 0 spiro atoms. The van der Waals surface area contributed by atoms with Gasteiger partial charge in [-0.3, -0.25) is 14.9 Å². The minimum atomic E-state index is -0.538. The molecule has 110 valence electrons. The molecule has 0 saturated heterocycles. The molecule has 9 heteroatoms. The molecule has 6 nitrogen and oxygen atoms in total. The van der Waals surface area contributed by atoms with E-state index in [-0.39, 0.29) is 16.0 Å². The number of hydrogen-bond donors (Lipinski definition) is 1. The van der Waals surface area contributed by atoms with Gasteiger partial charge in [-0.1, -0.05) is 11.6 Å². The summed E-state index contributed by atoms with van der Waals surface area (Å²) in [6, 6.07) is 7.35. The lowest BCUT2D eigenvalue weighted by Crippen LogP contribution is -2.11. The quantitative estimate of drug-likeness (QED) is 0.489. The van der Waals surface area contributed by atoms with E-state index in [0.717, 1.165) is 22.4 Å². The van der Waals surface area contributed by atoms with Gasteiger partial charge < -0.3 is 5.32 Å². The van der Waals surface area contributed by atoms with Crippen LogP contribution in [0.1, 0.15) is 6.42 Å². The van der Waals surface area contributed by atoms with Gasteiger partial charge in [0.15, 0.2) is 5.13 Å². The Labute approximate surface area is 133 Å². The molecular formula is C12H10ClN3O3S2. The number of benzene rings is 1. The number of halogens is 1. The second kappa shape index (κ2) is 7.39. The molecule has 0 saturated carbocycles. The van der Waals surface area contributed by atoms with Crippen molar-refractivity contribution < 1.29 is 9.72 Å². The summed E-state index contributed by atoms with van der Waals surface area (Å²) < 4.78 is 0. The van der Waals surface area contributed by atoms with Crippen molar-refractivity contribution in [3.8, 4) is 0 Å². The number of carbonyl (C=O) groups is 1. The number of hydrogen-bond acceptors (Lipinski definition) is 6. The SMILES string of the molecule is O=C(CCSc1ccc(Cl)cc1)Nc1ncc([N+](=O)[O-])s1. The molecule has 2 rings (SSSR count). The molecular weight excluding hydrogens is 334 g/mol. The smallest absolute Gasteiger partial charge is 0.302 e. The van der Waals surface area contributed by atoms with Gasteiger partial charge in [-0.2, -0.15) is 0 Å². The zero-order chi connectivity index (χ0) is 15.2. The number of aromatic nitrogens is 1. The predicted octanol–water partition coefficient (Wildman–Crippen LogP) is 3.83. The Balaban J connectivity index is 1.76. The van der Waals surface area contributed by atoms with Gasteiger partial charge in [-0.05, 0) is 35.6 Å². The van der Waals surface area contributed by atoms with Crippen LogP contribution in [0.25, 0.3) is 0 Å². The van der Waals surface area contributed by atoms with Crippen LogP contribution in [0.15, 0.2) is 35.4 Å². The third-order valence-corrected chi connectivity index (χ3v) is 4.46. The van der Waals surface area contributed by atoms with Crippen LogP contribution in [0.3, 0.4) is 0 Å². The van der Waals surface area contributed by atoms with E-state index in [0.29, 0.717) is 17.2 Å². The molecule has 0 bridgehead atoms. The van der Waals surface area contributed by atoms with Gasteiger partial charge in [0.25, 0.3) is 0 Å². The van der Waals surface area contributed by atoms with Crippen molar-refractivity contribution in [2.24, 2.45) is 0 Å². The average molecular weight is 344 g/mol. The summed E-state index contributed by atoms with van der Waals surface area (Å²) in [6.45, 7) is 0. The Morgan fingerprint density at radius 3 is 2.76 bits per heavy atom. The van der Waals surface area contributed by atoms with Crippen LogP contribution in [-0.2, 0) is 4.79 Å². The highest BCUT2D eigenvalue weighted by Gasteiger charge is 2.13. The molecule has 0 aliphatic carbocycles. The maximum Gasteiger partial charge on any atom is 0.345 e. The molecule has 21 heavy (non-hydrogen) atoms. The molecule has 1 N–H and O–H groups in total. The van der Waals surface area contributed by atoms with E-state index in [2.05, 4.69) is 10.3 Å². The maximum atomic E-state index is 11.7. The molecule has 0 unspecified atom stereocenters. The first-order chi connectivity index (χ1) is 10.0. The van der Waals surface area contributed by atoms with Crippen molar-refractivity contribution in [3.05, 3.63) is 45.6 Å². The lowest BCUT2D eigenvalue weighted by atomic mass is 10.4. The highest BCUT2D eigenvalue weighted by atomic mass is 35.5. The van der Waals surface area contributed by atoms with E-state index in [1.807, 2.05) is 12.1 Å². The van der Waals surface area contributed by atoms with Gasteiger partial charge in [0.2, 0.25) is 5.91 Å². The molecule has 1 amide bonds. The van der Waals surface area contributed by atoms with Crippen molar-refractivity contribution in [2.45, 2.75) is 11.3 Å². The zero-order valence-electron chi connectivity index (χ0n) is 10.6. The summed E-state index contributed by atoms with van der Waals surface area (Å²) in [6.07, 6.45) is 1.42. The predicted molar refractivity (Wildman–Crippen MR) is 84.2 cm³/mol. The Morgan fingerprint density at radius 2 is 2.14 bits per heavy atom. The highest BCUT2D eigenvalue weighted by Crippen LogP contribution is 2.25. The normalized spacial score (nSPS) is 10.3. The van der Waals surface area contributed by atoms with Crippen LogP contribution < -0.4 is 5.32 Å². The van der Waals surface area contributed by atoms with Crippen LogP contribution >= 0.6 is 34.7 Å². The van der Waals surface area contributed by atoms with Crippen molar-refractivity contribution in [1.82, 2.24) is 4.98 Å². The zero-order valence-corrected chi connectivity index (χ0v) is 13.0. The number of carbonyl (C=O) groups excluding carboxylic acids is 1. The third-order valence-electron chi connectivity index (χ3n) is 2.33. The Hall–Kier alpha value is -1.64. The Bertz CT molecular complexity index is 645. The molecule has 0 atom stereocenters. The fourth-order valence-corrected chi connectivity index (χ4v) is 3.01. The second-order valence-electron chi connectivity index (χ2n) is 3.86. The van der Waals surface area contributed by atoms with Crippen LogP contribution in [0.4, 0.5) is 10.1 Å². The van der Waals surface area contributed by atoms with E-state index in [1.54, 1.807) is 12.1 Å². The van der Waals surface area contributed by atoms with Gasteiger partial charge in [0.1, 0.15) is 6.20 Å². The number of nitrogens with zero attached hydrogens (tertiary/aromatic N) is 2. The largest absolute Gasteiger partial charge is 0.345 e. The molecule has 0 radical (unpaired) electrons. The van der Waals surface area contributed by atoms with E-state index >= 15 is 0 Å². The topological polar surface area (TPSA) is 85.1 Å². The Kier molecular flexibility index (Phi) is 5.54. The summed E-state index contributed by atoms with van der Waals surface area (Å²) in [5.74, 6) is 0.377. The number of thioether (sulfide) groups is 1. The number of thiazole rings is 1. The van der Waals surface area contributed by atoms with Gasteiger partial charge in [-0.25, -0.2) is 4.98 Å². The summed E-state index contributed by atoms with van der Waals surface area (Å²) in [7, 11) is 0. The molecule has 2 aromatic rings. The van der Waals surface area contributed by atoms with E-state index in [1.165, 1.54) is 11.8 Å². The van der Waals surface area contributed by atoms with Gasteiger partial charge in [0.05, 0.1) is 4.92 Å². The average Bonchev–Trinajstić information content (AvgIpc) is 2.90. The second-order valence-corrected chi connectivity index (χ2v) is 6.48. The first-order valence-corrected chi connectivity index (χ1v) is 8.01. The van der Waals surface area contributed by atoms with Crippen molar-refractivity contribution in [1.29, 1.82) is 0 Å². The maximum absolute atomic E-state index is 11.7. The summed E-state index contributed by atoms with van der Waals surface area (Å²) >= 11 is 8.15. The highest BCUT2D eigenvalue weighted by molar-refractivity contribution is 7.99. The third kappa shape index (κ3) is 5.00. The molecule has 1 heterocycles. The molecule has 1 aromatic carbocycles. The van der Waals surface area contributed by atoms with Gasteiger partial charge in [0, 0.05) is 22.1 Å². The van der Waals surface area contributed by atoms with Crippen LogP contribution in [0.5, 0.6) is 0 Å². The summed E-state index contributed by atoms with van der Waals surface area (Å²) in [4.78, 5) is 26.5. The number of rotatable bonds is 6. The molecule has 0 aliphatic rings. The van der Waals surface area contributed by atoms with Crippen LogP contribution in [0.2, 0.25) is 5.02 Å². The lowest BCUT2D eigenvalue weighted by Gasteiger charge is -2.02. The van der Waals surface area contributed by atoms with Crippen LogP contribution in [-0.4, -0.2) is 21.6 Å². The van der Waals surface area contributed by atoms with Crippen molar-refractivity contribution in [3.63, 3.8) is 0 Å². The Morgan fingerprint density at radius 1 is 1.43 bits per heavy atom. The van der Waals surface area contributed by atoms with Gasteiger partial charge in [-0.15, -0.1) is 11.8 Å². The fourth-order valence-electron chi connectivity index (χ4n) is 1.38. The minimum absolute atomic E-state index is 0.0964. The van der Waals surface area contributed by atoms with Crippen molar-refractivity contribution in [2.75, 3.05) is 11.1 Å². The fraction of sp³-hybridized carbons (Fsp3) is 0.167. The number of nitro groups is 1. The standard InChI is InChI=1S/C12H10ClN3O3S2/c13-8-1-3-9(4-2-8)20-6-5-10(17)15-12-14-7-11(21-12)16(18)19/h1-4,7H,5-6H2,(H,14,15,17). The first-order valence-electron chi connectivity index (χ1n) is 5.83.